The zero-order chi connectivity index (χ0) is 14.5. The van der Waals surface area contributed by atoms with E-state index in [-0.39, 0.29) is 5.78 Å². The number of hydrogen-bond acceptors (Lipinski definition) is 4. The van der Waals surface area contributed by atoms with Crippen molar-refractivity contribution in [3.8, 4) is 11.8 Å². The van der Waals surface area contributed by atoms with Crippen LogP contribution in [-0.2, 0) is 0 Å². The zero-order valence-corrected chi connectivity index (χ0v) is 11.3. The monoisotopic (exact) mass is 266 g/mol. The van der Waals surface area contributed by atoms with Crippen LogP contribution in [0.15, 0.2) is 42.7 Å². The van der Waals surface area contributed by atoms with Gasteiger partial charge in [-0.25, -0.2) is 0 Å². The first-order valence-electron chi connectivity index (χ1n) is 6.15. The number of carbonyl (C=O) groups is 1. The molecule has 0 bridgehead atoms. The van der Waals surface area contributed by atoms with Gasteiger partial charge in [0.15, 0.2) is 5.78 Å². The van der Waals surface area contributed by atoms with Crippen LogP contribution >= 0.6 is 0 Å². The number of rotatable bonds is 4. The van der Waals surface area contributed by atoms with Crippen molar-refractivity contribution in [2.45, 2.75) is 12.8 Å². The molecule has 1 atom stereocenters. The summed E-state index contributed by atoms with van der Waals surface area (Å²) in [5.41, 5.74) is 2.02. The van der Waals surface area contributed by atoms with Gasteiger partial charge in [-0.15, -0.1) is 0 Å². The number of aromatic nitrogens is 1. The molecule has 0 aliphatic heterocycles. The van der Waals surface area contributed by atoms with Crippen LogP contribution < -0.4 is 4.74 Å². The Morgan fingerprint density at radius 1 is 1.40 bits per heavy atom. The molecular formula is C16H14N2O2. The van der Waals surface area contributed by atoms with E-state index in [2.05, 4.69) is 11.1 Å². The second-order valence-electron chi connectivity index (χ2n) is 4.40. The van der Waals surface area contributed by atoms with Crippen molar-refractivity contribution in [2.75, 3.05) is 7.11 Å². The minimum absolute atomic E-state index is 0.258. The van der Waals surface area contributed by atoms with Crippen LogP contribution in [-0.4, -0.2) is 17.9 Å². The topological polar surface area (TPSA) is 63.0 Å². The van der Waals surface area contributed by atoms with E-state index in [0.29, 0.717) is 16.9 Å². The third kappa shape index (κ3) is 2.67. The highest BCUT2D eigenvalue weighted by molar-refractivity contribution is 6.02. The molecular weight excluding hydrogens is 252 g/mol. The third-order valence-corrected chi connectivity index (χ3v) is 3.10. The molecule has 20 heavy (non-hydrogen) atoms. The molecule has 0 fully saturated rings. The Balaban J connectivity index is 2.39. The number of hydrogen-bond donors (Lipinski definition) is 0. The lowest BCUT2D eigenvalue weighted by Crippen LogP contribution is -2.11. The second kappa shape index (κ2) is 5.98. The van der Waals surface area contributed by atoms with Crippen LogP contribution in [0.25, 0.3) is 0 Å². The lowest BCUT2D eigenvalue weighted by atomic mass is 9.92. The van der Waals surface area contributed by atoms with Gasteiger partial charge in [-0.05, 0) is 36.2 Å². The molecule has 0 N–H and O–H groups in total. The first kappa shape index (κ1) is 13.8. The molecule has 0 aliphatic rings. The quantitative estimate of drug-likeness (QED) is 0.798. The zero-order valence-electron chi connectivity index (χ0n) is 11.3. The minimum atomic E-state index is -0.853. The van der Waals surface area contributed by atoms with Gasteiger partial charge >= 0.3 is 0 Å². The van der Waals surface area contributed by atoms with Gasteiger partial charge in [0.2, 0.25) is 0 Å². The van der Waals surface area contributed by atoms with Gasteiger partial charge in [-0.1, -0.05) is 12.1 Å². The molecule has 4 nitrogen and oxygen atoms in total. The Morgan fingerprint density at radius 3 is 2.80 bits per heavy atom. The van der Waals surface area contributed by atoms with Crippen LogP contribution in [0.2, 0.25) is 0 Å². The Morgan fingerprint density at radius 2 is 2.20 bits per heavy atom. The molecule has 4 heteroatoms. The van der Waals surface area contributed by atoms with E-state index in [9.17, 15) is 10.1 Å². The molecule has 1 heterocycles. The number of ether oxygens (including phenoxy) is 1. The summed E-state index contributed by atoms with van der Waals surface area (Å²) >= 11 is 0. The maximum absolute atomic E-state index is 12.4. The number of ketones is 1. The number of carbonyl (C=O) groups excluding carboxylic acids is 1. The highest BCUT2D eigenvalue weighted by Crippen LogP contribution is 2.26. The van der Waals surface area contributed by atoms with Crippen molar-refractivity contribution in [1.82, 2.24) is 4.98 Å². The molecule has 0 amide bonds. The molecule has 0 aliphatic carbocycles. The average molecular weight is 266 g/mol. The first-order valence-corrected chi connectivity index (χ1v) is 6.15. The van der Waals surface area contributed by atoms with E-state index in [4.69, 9.17) is 4.74 Å². The fourth-order valence-electron chi connectivity index (χ4n) is 1.98. The molecule has 0 saturated heterocycles. The van der Waals surface area contributed by atoms with Crippen LogP contribution in [0.1, 0.15) is 27.4 Å². The molecule has 0 spiro atoms. The van der Waals surface area contributed by atoms with Gasteiger partial charge in [-0.3, -0.25) is 9.78 Å². The fourth-order valence-corrected chi connectivity index (χ4v) is 1.98. The lowest BCUT2D eigenvalue weighted by Gasteiger charge is -2.11. The summed E-state index contributed by atoms with van der Waals surface area (Å²) in [5.74, 6) is -0.443. The van der Waals surface area contributed by atoms with E-state index in [0.717, 1.165) is 5.56 Å². The van der Waals surface area contributed by atoms with Crippen molar-refractivity contribution in [1.29, 1.82) is 5.26 Å². The fraction of sp³-hybridized carbons (Fsp3) is 0.188. The van der Waals surface area contributed by atoms with Crippen molar-refractivity contribution < 1.29 is 9.53 Å². The van der Waals surface area contributed by atoms with Crippen LogP contribution in [0.4, 0.5) is 0 Å². The second-order valence-corrected chi connectivity index (χ2v) is 4.40. The molecule has 1 aromatic heterocycles. The smallest absolute Gasteiger partial charge is 0.185 e. The normalized spacial score (nSPS) is 11.4. The van der Waals surface area contributed by atoms with Gasteiger partial charge < -0.3 is 4.74 Å². The number of aryl methyl sites for hydroxylation is 1. The highest BCUT2D eigenvalue weighted by atomic mass is 16.5. The molecule has 2 rings (SSSR count). The third-order valence-electron chi connectivity index (χ3n) is 3.10. The van der Waals surface area contributed by atoms with Gasteiger partial charge in [0.05, 0.1) is 13.2 Å². The Kier molecular flexibility index (Phi) is 4.11. The number of pyridine rings is 1. The molecule has 1 unspecified atom stereocenters. The summed E-state index contributed by atoms with van der Waals surface area (Å²) in [6.07, 6.45) is 3.06. The molecule has 100 valence electrons. The van der Waals surface area contributed by atoms with E-state index < -0.39 is 5.92 Å². The summed E-state index contributed by atoms with van der Waals surface area (Å²) < 4.78 is 5.23. The standard InChI is InChI=1S/C16H14N2O2/c1-11-5-6-12(8-15(11)20-2)14(9-17)16(19)13-4-3-7-18-10-13/h3-8,10,14H,1-2H3. The maximum Gasteiger partial charge on any atom is 0.185 e. The predicted molar refractivity (Wildman–Crippen MR) is 74.7 cm³/mol. The summed E-state index contributed by atoms with van der Waals surface area (Å²) in [6, 6.07) is 10.7. The largest absolute Gasteiger partial charge is 0.496 e. The van der Waals surface area contributed by atoms with Crippen molar-refractivity contribution in [3.63, 3.8) is 0 Å². The van der Waals surface area contributed by atoms with Crippen LogP contribution in [0.3, 0.4) is 0 Å². The Bertz CT molecular complexity index is 660. The SMILES string of the molecule is COc1cc(C(C#N)C(=O)c2cccnc2)ccc1C. The summed E-state index contributed by atoms with van der Waals surface area (Å²) in [4.78, 5) is 16.3. The van der Waals surface area contributed by atoms with E-state index in [1.165, 1.54) is 6.20 Å². The molecule has 1 aromatic carbocycles. The van der Waals surface area contributed by atoms with Gasteiger partial charge in [0, 0.05) is 18.0 Å². The minimum Gasteiger partial charge on any atom is -0.496 e. The van der Waals surface area contributed by atoms with Crippen LogP contribution in [0, 0.1) is 18.3 Å². The average Bonchev–Trinajstić information content (AvgIpc) is 2.50. The van der Waals surface area contributed by atoms with E-state index >= 15 is 0 Å². The molecule has 0 saturated carbocycles. The van der Waals surface area contributed by atoms with Gasteiger partial charge in [0.25, 0.3) is 0 Å². The Labute approximate surface area is 117 Å². The van der Waals surface area contributed by atoms with Gasteiger partial charge in [0.1, 0.15) is 11.7 Å². The predicted octanol–water partition coefficient (Wildman–Crippen LogP) is 2.89. The Hall–Kier alpha value is -2.67. The summed E-state index contributed by atoms with van der Waals surface area (Å²) in [6.45, 7) is 1.91. The number of benzene rings is 1. The number of nitriles is 1. The molecule has 2 aromatic rings. The van der Waals surface area contributed by atoms with Crippen molar-refractivity contribution in [3.05, 3.63) is 59.4 Å². The number of nitrogens with zero attached hydrogens (tertiary/aromatic N) is 2. The van der Waals surface area contributed by atoms with Crippen molar-refractivity contribution in [2.24, 2.45) is 0 Å². The molecule has 0 radical (unpaired) electrons. The van der Waals surface area contributed by atoms with Crippen molar-refractivity contribution >= 4 is 5.78 Å². The summed E-state index contributed by atoms with van der Waals surface area (Å²) in [5, 5.41) is 9.31. The highest BCUT2D eigenvalue weighted by Gasteiger charge is 2.22. The summed E-state index contributed by atoms with van der Waals surface area (Å²) in [7, 11) is 1.57. The first-order chi connectivity index (χ1) is 9.67. The van der Waals surface area contributed by atoms with E-state index in [1.54, 1.807) is 37.6 Å². The maximum atomic E-state index is 12.4. The number of methoxy groups -OCH3 is 1. The lowest BCUT2D eigenvalue weighted by molar-refractivity contribution is 0.0978. The van der Waals surface area contributed by atoms with Gasteiger partial charge in [-0.2, -0.15) is 5.26 Å². The number of Topliss-reactive ketones (excluding diaryl/α,β-unsaturated/α-hetero) is 1. The van der Waals surface area contributed by atoms with Crippen LogP contribution in [0.5, 0.6) is 5.75 Å². The van der Waals surface area contributed by atoms with E-state index in [1.807, 2.05) is 13.0 Å².